The summed E-state index contributed by atoms with van der Waals surface area (Å²) in [4.78, 5) is 11.1. The number of aromatic nitrogens is 4. The van der Waals surface area contributed by atoms with E-state index in [0.29, 0.717) is 11.6 Å². The Bertz CT molecular complexity index is 962. The van der Waals surface area contributed by atoms with E-state index >= 15 is 0 Å². The van der Waals surface area contributed by atoms with Crippen LogP contribution in [0.15, 0.2) is 36.5 Å². The van der Waals surface area contributed by atoms with Crippen LogP contribution in [0.3, 0.4) is 0 Å². The number of nitrogens with zero attached hydrogens (tertiary/aromatic N) is 6. The van der Waals surface area contributed by atoms with Crippen molar-refractivity contribution in [3.05, 3.63) is 53.7 Å². The summed E-state index contributed by atoms with van der Waals surface area (Å²) >= 11 is 0. The molecule has 0 amide bonds. The Morgan fingerprint density at radius 3 is 2.92 bits per heavy atom. The molecular formula is C19H18N6. The van der Waals surface area contributed by atoms with E-state index in [9.17, 15) is 5.26 Å². The monoisotopic (exact) mass is 330 g/mol. The average Bonchev–Trinajstić information content (AvgIpc) is 2.67. The molecule has 3 aromatic rings. The lowest BCUT2D eigenvalue weighted by molar-refractivity contribution is 0.500. The second kappa shape index (κ2) is 6.44. The van der Waals surface area contributed by atoms with Crippen molar-refractivity contribution in [1.29, 1.82) is 5.26 Å². The second-order valence-electron chi connectivity index (χ2n) is 6.34. The van der Waals surface area contributed by atoms with Gasteiger partial charge in [-0.15, -0.1) is 10.2 Å². The molecule has 1 saturated heterocycles. The average molecular weight is 330 g/mol. The lowest BCUT2D eigenvalue weighted by Crippen LogP contribution is -2.35. The van der Waals surface area contributed by atoms with E-state index in [-0.39, 0.29) is 0 Å². The van der Waals surface area contributed by atoms with Crippen LogP contribution >= 0.6 is 0 Å². The summed E-state index contributed by atoms with van der Waals surface area (Å²) in [6, 6.07) is 12.1. The van der Waals surface area contributed by atoms with E-state index < -0.39 is 0 Å². The third-order valence-corrected chi connectivity index (χ3v) is 4.70. The summed E-state index contributed by atoms with van der Waals surface area (Å²) in [5.74, 6) is 1.12. The number of benzene rings is 1. The van der Waals surface area contributed by atoms with E-state index in [1.54, 1.807) is 0 Å². The fourth-order valence-electron chi connectivity index (χ4n) is 3.56. The third-order valence-electron chi connectivity index (χ3n) is 4.70. The van der Waals surface area contributed by atoms with Gasteiger partial charge in [-0.2, -0.15) is 5.26 Å². The first-order chi connectivity index (χ1) is 12.3. The van der Waals surface area contributed by atoms with Gasteiger partial charge in [-0.05, 0) is 31.9 Å². The van der Waals surface area contributed by atoms with Crippen molar-refractivity contribution < 1.29 is 0 Å². The van der Waals surface area contributed by atoms with Crippen molar-refractivity contribution in [1.82, 2.24) is 20.2 Å². The van der Waals surface area contributed by atoms with Crippen molar-refractivity contribution in [3.63, 3.8) is 0 Å². The van der Waals surface area contributed by atoms with Crippen molar-refractivity contribution >= 4 is 16.6 Å². The number of hydrogen-bond donors (Lipinski definition) is 0. The highest BCUT2D eigenvalue weighted by molar-refractivity contribution is 5.93. The number of rotatable bonds is 2. The van der Waals surface area contributed by atoms with Gasteiger partial charge in [0.15, 0.2) is 5.69 Å². The minimum absolute atomic E-state index is 0.328. The Balaban J connectivity index is 1.75. The molecule has 2 aromatic heterocycles. The first-order valence-electron chi connectivity index (χ1n) is 8.46. The molecule has 0 radical (unpaired) electrons. The topological polar surface area (TPSA) is 78.6 Å². The molecule has 25 heavy (non-hydrogen) atoms. The van der Waals surface area contributed by atoms with E-state index in [1.165, 1.54) is 0 Å². The Hall–Kier alpha value is -3.07. The molecule has 6 nitrogen and oxygen atoms in total. The number of fused-ring (bicyclic) bond motifs is 1. The number of hydrogen-bond acceptors (Lipinski definition) is 6. The standard InChI is InChI=1S/C19H18N6/c1-13-21-9-8-16(22-13)14-5-4-10-25(12-14)19-15-6-2-3-7-17(15)23-24-18(19)11-20/h2-3,6-9,14H,4-5,10,12H2,1H3. The largest absolute Gasteiger partial charge is 0.368 e. The maximum Gasteiger partial charge on any atom is 0.187 e. The molecular weight excluding hydrogens is 312 g/mol. The number of nitriles is 1. The lowest BCUT2D eigenvalue weighted by atomic mass is 9.93. The molecule has 4 rings (SSSR count). The molecule has 6 heteroatoms. The first kappa shape index (κ1) is 15.5. The molecule has 0 saturated carbocycles. The number of aryl methyl sites for hydroxylation is 1. The maximum atomic E-state index is 9.53. The van der Waals surface area contributed by atoms with Gasteiger partial charge in [0.05, 0.1) is 11.2 Å². The summed E-state index contributed by atoms with van der Waals surface area (Å²) < 4.78 is 0. The zero-order valence-corrected chi connectivity index (χ0v) is 14.1. The minimum atomic E-state index is 0.328. The zero-order chi connectivity index (χ0) is 17.2. The van der Waals surface area contributed by atoms with Crippen LogP contribution in [0.2, 0.25) is 0 Å². The minimum Gasteiger partial charge on any atom is -0.368 e. The van der Waals surface area contributed by atoms with E-state index in [1.807, 2.05) is 43.5 Å². The van der Waals surface area contributed by atoms with Crippen LogP contribution < -0.4 is 4.90 Å². The summed E-state index contributed by atoms with van der Waals surface area (Å²) in [5.41, 5.74) is 3.17. The van der Waals surface area contributed by atoms with Gasteiger partial charge in [-0.1, -0.05) is 18.2 Å². The molecule has 1 atom stereocenters. The lowest BCUT2D eigenvalue weighted by Gasteiger charge is -2.34. The molecule has 0 N–H and O–H groups in total. The van der Waals surface area contributed by atoms with Crippen LogP contribution in [0.4, 0.5) is 5.69 Å². The SMILES string of the molecule is Cc1nccc(C2CCCN(c3c(C#N)nnc4ccccc34)C2)n1. The van der Waals surface area contributed by atoms with Gasteiger partial charge in [0.25, 0.3) is 0 Å². The summed E-state index contributed by atoms with van der Waals surface area (Å²) in [6.45, 7) is 3.64. The van der Waals surface area contributed by atoms with E-state index in [4.69, 9.17) is 0 Å². The highest BCUT2D eigenvalue weighted by Gasteiger charge is 2.26. The predicted molar refractivity (Wildman–Crippen MR) is 95.2 cm³/mol. The predicted octanol–water partition coefficient (Wildman–Crippen LogP) is 2.98. The van der Waals surface area contributed by atoms with Crippen molar-refractivity contribution in [2.75, 3.05) is 18.0 Å². The number of piperidine rings is 1. The first-order valence-corrected chi connectivity index (χ1v) is 8.46. The molecule has 3 heterocycles. The van der Waals surface area contributed by atoms with Crippen LogP contribution in [-0.4, -0.2) is 33.3 Å². The molecule has 0 bridgehead atoms. The fraction of sp³-hybridized carbons (Fsp3) is 0.316. The van der Waals surface area contributed by atoms with E-state index in [0.717, 1.165) is 54.0 Å². The van der Waals surface area contributed by atoms with Crippen LogP contribution in [0.5, 0.6) is 0 Å². The molecule has 124 valence electrons. The molecule has 1 aliphatic heterocycles. The molecule has 1 aromatic carbocycles. The van der Waals surface area contributed by atoms with Crippen LogP contribution in [0.25, 0.3) is 10.9 Å². The number of anilines is 1. The van der Waals surface area contributed by atoms with Gasteiger partial charge in [-0.25, -0.2) is 9.97 Å². The Morgan fingerprint density at radius 2 is 2.08 bits per heavy atom. The van der Waals surface area contributed by atoms with Crippen molar-refractivity contribution in [2.24, 2.45) is 0 Å². The molecule has 0 aliphatic carbocycles. The Morgan fingerprint density at radius 1 is 1.20 bits per heavy atom. The Labute approximate surface area is 146 Å². The van der Waals surface area contributed by atoms with Gasteiger partial charge in [0.2, 0.25) is 0 Å². The molecule has 1 unspecified atom stereocenters. The van der Waals surface area contributed by atoms with E-state index in [2.05, 4.69) is 31.1 Å². The van der Waals surface area contributed by atoms with Gasteiger partial charge in [0.1, 0.15) is 11.9 Å². The van der Waals surface area contributed by atoms with Gasteiger partial charge in [0, 0.05) is 36.3 Å². The van der Waals surface area contributed by atoms with Gasteiger partial charge in [-0.3, -0.25) is 0 Å². The summed E-state index contributed by atoms with van der Waals surface area (Å²) in [7, 11) is 0. The fourth-order valence-corrected chi connectivity index (χ4v) is 3.56. The van der Waals surface area contributed by atoms with Crippen LogP contribution in [-0.2, 0) is 0 Å². The highest BCUT2D eigenvalue weighted by Crippen LogP contribution is 2.34. The molecule has 1 fully saturated rings. The van der Waals surface area contributed by atoms with Crippen molar-refractivity contribution in [3.8, 4) is 6.07 Å². The molecule has 1 aliphatic rings. The summed E-state index contributed by atoms with van der Waals surface area (Å²) in [6.07, 6.45) is 3.96. The molecule has 0 spiro atoms. The third kappa shape index (κ3) is 2.89. The zero-order valence-electron chi connectivity index (χ0n) is 14.1. The maximum absolute atomic E-state index is 9.53. The van der Waals surface area contributed by atoms with Gasteiger partial charge >= 0.3 is 0 Å². The highest BCUT2D eigenvalue weighted by atomic mass is 15.2. The smallest absolute Gasteiger partial charge is 0.187 e. The van der Waals surface area contributed by atoms with Gasteiger partial charge < -0.3 is 4.90 Å². The quantitative estimate of drug-likeness (QED) is 0.719. The second-order valence-corrected chi connectivity index (χ2v) is 6.34. The summed E-state index contributed by atoms with van der Waals surface area (Å²) in [5, 5.41) is 18.8. The van der Waals surface area contributed by atoms with Crippen LogP contribution in [0.1, 0.15) is 36.0 Å². The normalized spacial score (nSPS) is 17.4. The van der Waals surface area contributed by atoms with Crippen molar-refractivity contribution in [2.45, 2.75) is 25.7 Å². The van der Waals surface area contributed by atoms with Crippen LogP contribution in [0, 0.1) is 18.3 Å². The Kier molecular flexibility index (Phi) is 3.98.